The van der Waals surface area contributed by atoms with Crippen LogP contribution in [0.15, 0.2) is 24.3 Å². The zero-order valence-electron chi connectivity index (χ0n) is 9.24. The molecule has 18 heavy (non-hydrogen) atoms. The van der Waals surface area contributed by atoms with E-state index in [2.05, 4.69) is 15.0 Å². The fourth-order valence-electron chi connectivity index (χ4n) is 1.25. The molecule has 0 aliphatic rings. The maximum atomic E-state index is 13.4. The number of carbonyl (C=O) groups excluding carboxylic acids is 1. The van der Waals surface area contributed by atoms with Gasteiger partial charge in [-0.05, 0) is 12.1 Å². The molecule has 0 atom stereocenters. The number of halogens is 2. The number of hydrogen-bond acceptors (Lipinski definition) is 5. The highest BCUT2D eigenvalue weighted by atomic mass is 35.5. The van der Waals surface area contributed by atoms with E-state index in [-0.39, 0.29) is 15.7 Å². The van der Waals surface area contributed by atoms with Crippen LogP contribution in [-0.4, -0.2) is 18.1 Å². The number of thiazole rings is 1. The van der Waals surface area contributed by atoms with Crippen molar-refractivity contribution in [3.8, 4) is 0 Å². The predicted octanol–water partition coefficient (Wildman–Crippen LogP) is 3.47. The van der Waals surface area contributed by atoms with Gasteiger partial charge in [0.15, 0.2) is 15.2 Å². The molecule has 0 fully saturated rings. The lowest BCUT2D eigenvalue weighted by atomic mass is 10.3. The van der Waals surface area contributed by atoms with Gasteiger partial charge in [0.25, 0.3) is 0 Å². The van der Waals surface area contributed by atoms with Gasteiger partial charge in [-0.1, -0.05) is 35.1 Å². The molecular formula is C11H8ClFN2O2S. The van der Waals surface area contributed by atoms with E-state index in [1.807, 2.05) is 0 Å². The number of nitrogens with one attached hydrogen (secondary N) is 1. The van der Waals surface area contributed by atoms with Gasteiger partial charge in [-0.25, -0.2) is 14.2 Å². The molecule has 0 saturated carbocycles. The van der Waals surface area contributed by atoms with Gasteiger partial charge < -0.3 is 10.1 Å². The monoisotopic (exact) mass is 286 g/mol. The molecule has 94 valence electrons. The van der Waals surface area contributed by atoms with Gasteiger partial charge >= 0.3 is 5.97 Å². The third-order valence-electron chi connectivity index (χ3n) is 2.07. The lowest BCUT2D eigenvalue weighted by Gasteiger charge is -2.02. The van der Waals surface area contributed by atoms with Crippen LogP contribution in [0.25, 0.3) is 0 Å². The number of anilines is 2. The Balaban J connectivity index is 2.26. The van der Waals surface area contributed by atoms with E-state index in [1.165, 1.54) is 13.2 Å². The molecule has 0 radical (unpaired) electrons. The van der Waals surface area contributed by atoms with Crippen LogP contribution in [0, 0.1) is 5.82 Å². The number of para-hydroxylation sites is 1. The Morgan fingerprint density at radius 2 is 2.22 bits per heavy atom. The van der Waals surface area contributed by atoms with E-state index in [4.69, 9.17) is 11.6 Å². The largest absolute Gasteiger partial charge is 0.465 e. The van der Waals surface area contributed by atoms with Crippen molar-refractivity contribution in [3.05, 3.63) is 40.1 Å². The molecule has 2 aromatic rings. The van der Waals surface area contributed by atoms with Crippen molar-refractivity contribution >= 4 is 39.7 Å². The SMILES string of the molecule is COC(=O)c1sc(Nc2ccccc2F)nc1Cl. The first-order chi connectivity index (χ1) is 8.61. The standard InChI is InChI=1S/C11H8ClFN2O2S/c1-17-10(16)8-9(12)15-11(18-8)14-7-5-3-2-4-6(7)13/h2-5H,1H3,(H,14,15). The first kappa shape index (κ1) is 12.8. The molecule has 1 aromatic carbocycles. The zero-order valence-corrected chi connectivity index (χ0v) is 10.8. The van der Waals surface area contributed by atoms with Crippen LogP contribution >= 0.6 is 22.9 Å². The molecule has 0 saturated heterocycles. The fourth-order valence-corrected chi connectivity index (χ4v) is 2.37. The summed E-state index contributed by atoms with van der Waals surface area (Å²) in [5.74, 6) is -0.984. The van der Waals surface area contributed by atoms with Crippen molar-refractivity contribution < 1.29 is 13.9 Å². The molecule has 0 aliphatic carbocycles. The van der Waals surface area contributed by atoms with Crippen LogP contribution in [0.2, 0.25) is 5.15 Å². The molecule has 7 heteroatoms. The van der Waals surface area contributed by atoms with Crippen LogP contribution in [0.3, 0.4) is 0 Å². The summed E-state index contributed by atoms with van der Waals surface area (Å²) in [4.78, 5) is 15.4. The van der Waals surface area contributed by atoms with E-state index < -0.39 is 11.8 Å². The van der Waals surface area contributed by atoms with Crippen molar-refractivity contribution in [2.75, 3.05) is 12.4 Å². The minimum absolute atomic E-state index is 0.0330. The highest BCUT2D eigenvalue weighted by Gasteiger charge is 2.17. The molecule has 0 aliphatic heterocycles. The molecule has 0 unspecified atom stereocenters. The summed E-state index contributed by atoms with van der Waals surface area (Å²) >= 11 is 6.79. The molecule has 4 nitrogen and oxygen atoms in total. The summed E-state index contributed by atoms with van der Waals surface area (Å²) in [6.07, 6.45) is 0. The number of nitrogens with zero attached hydrogens (tertiary/aromatic N) is 1. The Morgan fingerprint density at radius 3 is 2.89 bits per heavy atom. The molecule has 0 bridgehead atoms. The molecular weight excluding hydrogens is 279 g/mol. The van der Waals surface area contributed by atoms with E-state index in [1.54, 1.807) is 18.2 Å². The predicted molar refractivity (Wildman–Crippen MR) is 68.1 cm³/mol. The number of carbonyl (C=O) groups is 1. The second-order valence-electron chi connectivity index (χ2n) is 3.24. The number of aromatic nitrogens is 1. The van der Waals surface area contributed by atoms with Crippen LogP contribution in [0.4, 0.5) is 15.2 Å². The van der Waals surface area contributed by atoms with Gasteiger partial charge in [-0.3, -0.25) is 0 Å². The third kappa shape index (κ3) is 2.60. The van der Waals surface area contributed by atoms with Crippen LogP contribution in [-0.2, 0) is 4.74 Å². The van der Waals surface area contributed by atoms with Gasteiger partial charge in [-0.15, -0.1) is 0 Å². The molecule has 1 heterocycles. The van der Waals surface area contributed by atoms with Gasteiger partial charge in [-0.2, -0.15) is 0 Å². The summed E-state index contributed by atoms with van der Waals surface area (Å²) in [5, 5.41) is 3.11. The lowest BCUT2D eigenvalue weighted by Crippen LogP contribution is -1.98. The molecule has 0 spiro atoms. The lowest BCUT2D eigenvalue weighted by molar-refractivity contribution is 0.0606. The van der Waals surface area contributed by atoms with Crippen molar-refractivity contribution in [1.82, 2.24) is 4.98 Å². The Bertz CT molecular complexity index is 588. The second-order valence-corrected chi connectivity index (χ2v) is 4.59. The van der Waals surface area contributed by atoms with Crippen molar-refractivity contribution in [2.45, 2.75) is 0 Å². The zero-order chi connectivity index (χ0) is 13.1. The Labute approximate surface area is 111 Å². The Kier molecular flexibility index (Phi) is 3.78. The van der Waals surface area contributed by atoms with Gasteiger partial charge in [0, 0.05) is 0 Å². The summed E-state index contributed by atoms with van der Waals surface area (Å²) in [5.41, 5.74) is 0.263. The molecule has 2 rings (SSSR count). The van der Waals surface area contributed by atoms with Gasteiger partial charge in [0.05, 0.1) is 12.8 Å². The summed E-state index contributed by atoms with van der Waals surface area (Å²) in [7, 11) is 1.25. The summed E-state index contributed by atoms with van der Waals surface area (Å²) < 4.78 is 17.9. The van der Waals surface area contributed by atoms with Gasteiger partial charge in [0.2, 0.25) is 0 Å². The number of rotatable bonds is 3. The van der Waals surface area contributed by atoms with E-state index in [0.29, 0.717) is 5.13 Å². The normalized spacial score (nSPS) is 10.2. The first-order valence-corrected chi connectivity index (χ1v) is 6.07. The van der Waals surface area contributed by atoms with Crippen molar-refractivity contribution in [3.63, 3.8) is 0 Å². The van der Waals surface area contributed by atoms with Crippen molar-refractivity contribution in [2.24, 2.45) is 0 Å². The topological polar surface area (TPSA) is 51.2 Å². The second kappa shape index (κ2) is 5.32. The average Bonchev–Trinajstić information content (AvgIpc) is 2.72. The maximum Gasteiger partial charge on any atom is 0.351 e. The minimum Gasteiger partial charge on any atom is -0.465 e. The number of hydrogen-bond donors (Lipinski definition) is 1. The van der Waals surface area contributed by atoms with Gasteiger partial charge in [0.1, 0.15) is 5.82 Å². The fraction of sp³-hybridized carbons (Fsp3) is 0.0909. The highest BCUT2D eigenvalue weighted by Crippen LogP contribution is 2.30. The van der Waals surface area contributed by atoms with E-state index in [0.717, 1.165) is 11.3 Å². The van der Waals surface area contributed by atoms with Crippen LogP contribution in [0.1, 0.15) is 9.67 Å². The first-order valence-electron chi connectivity index (χ1n) is 4.88. The quantitative estimate of drug-likeness (QED) is 0.878. The minimum atomic E-state index is -0.570. The Hall–Kier alpha value is -1.66. The highest BCUT2D eigenvalue weighted by molar-refractivity contribution is 7.18. The average molecular weight is 287 g/mol. The summed E-state index contributed by atoms with van der Waals surface area (Å²) in [6, 6.07) is 6.14. The molecule has 1 N–H and O–H groups in total. The number of benzene rings is 1. The number of esters is 1. The van der Waals surface area contributed by atoms with E-state index in [9.17, 15) is 9.18 Å². The smallest absolute Gasteiger partial charge is 0.351 e. The van der Waals surface area contributed by atoms with Crippen molar-refractivity contribution in [1.29, 1.82) is 0 Å². The number of methoxy groups -OCH3 is 1. The maximum absolute atomic E-state index is 13.4. The van der Waals surface area contributed by atoms with E-state index >= 15 is 0 Å². The Morgan fingerprint density at radius 1 is 1.50 bits per heavy atom. The molecule has 0 amide bonds. The van der Waals surface area contributed by atoms with Crippen LogP contribution < -0.4 is 5.32 Å². The molecule has 1 aromatic heterocycles. The number of ether oxygens (including phenoxy) is 1. The summed E-state index contributed by atoms with van der Waals surface area (Å²) in [6.45, 7) is 0. The van der Waals surface area contributed by atoms with Crippen LogP contribution in [0.5, 0.6) is 0 Å². The third-order valence-corrected chi connectivity index (χ3v) is 3.41.